The van der Waals surface area contributed by atoms with Gasteiger partial charge in [-0.2, -0.15) is 0 Å². The lowest BCUT2D eigenvalue weighted by molar-refractivity contribution is -0.140. The van der Waals surface area contributed by atoms with E-state index in [2.05, 4.69) is 0 Å². The summed E-state index contributed by atoms with van der Waals surface area (Å²) in [5, 5.41) is 0.640. The molecule has 1 saturated carbocycles. The molecule has 1 aromatic carbocycles. The molecular formula is C16H23ClN2O2. The van der Waals surface area contributed by atoms with Gasteiger partial charge in [0, 0.05) is 18.1 Å². The zero-order chi connectivity index (χ0) is 15.5. The third-order valence-corrected chi connectivity index (χ3v) is 4.59. The largest absolute Gasteiger partial charge is 0.492 e. The van der Waals surface area contributed by atoms with Gasteiger partial charge in [-0.25, -0.2) is 0 Å². The van der Waals surface area contributed by atoms with Crippen molar-refractivity contribution < 1.29 is 9.53 Å². The van der Waals surface area contributed by atoms with Crippen molar-refractivity contribution in [3.8, 4) is 5.75 Å². The van der Waals surface area contributed by atoms with Gasteiger partial charge in [-0.3, -0.25) is 4.79 Å². The van der Waals surface area contributed by atoms with E-state index in [-0.39, 0.29) is 11.9 Å². The quantitative estimate of drug-likeness (QED) is 0.909. The topological polar surface area (TPSA) is 55.6 Å². The van der Waals surface area contributed by atoms with E-state index in [0.717, 1.165) is 19.3 Å². The van der Waals surface area contributed by atoms with Gasteiger partial charge in [0.15, 0.2) is 0 Å². The smallest absolute Gasteiger partial charge is 0.229 e. The monoisotopic (exact) mass is 310 g/mol. The Bertz CT molecular complexity index is 509. The SMILES string of the molecule is CN(CCOc1cccc(Cl)c1)C(=O)C1(C)CCCC1N. The molecule has 2 atom stereocenters. The molecule has 0 aliphatic heterocycles. The lowest BCUT2D eigenvalue weighted by atomic mass is 9.83. The maximum atomic E-state index is 12.5. The Labute approximate surface area is 131 Å². The van der Waals surface area contributed by atoms with Gasteiger partial charge < -0.3 is 15.4 Å². The summed E-state index contributed by atoms with van der Waals surface area (Å²) in [6.07, 6.45) is 2.82. The number of ether oxygens (including phenoxy) is 1. The highest BCUT2D eigenvalue weighted by Crippen LogP contribution is 2.38. The van der Waals surface area contributed by atoms with Gasteiger partial charge in [0.2, 0.25) is 5.91 Å². The molecule has 1 aliphatic rings. The first-order valence-electron chi connectivity index (χ1n) is 7.33. The zero-order valence-electron chi connectivity index (χ0n) is 12.6. The predicted molar refractivity (Wildman–Crippen MR) is 84.5 cm³/mol. The van der Waals surface area contributed by atoms with Crippen molar-refractivity contribution in [3.63, 3.8) is 0 Å². The summed E-state index contributed by atoms with van der Waals surface area (Å²) < 4.78 is 5.62. The Morgan fingerprint density at radius 2 is 2.33 bits per heavy atom. The van der Waals surface area contributed by atoms with E-state index < -0.39 is 5.41 Å². The van der Waals surface area contributed by atoms with Crippen LogP contribution in [0.2, 0.25) is 5.02 Å². The van der Waals surface area contributed by atoms with Crippen LogP contribution in [0.3, 0.4) is 0 Å². The molecule has 1 aliphatic carbocycles. The number of hydrogen-bond donors (Lipinski definition) is 1. The standard InChI is InChI=1S/C16H23ClN2O2/c1-16(8-4-7-14(16)18)15(20)19(2)9-10-21-13-6-3-5-12(17)11-13/h3,5-6,11,14H,4,7-10,18H2,1-2H3. The number of carbonyl (C=O) groups excluding carboxylic acids is 1. The van der Waals surface area contributed by atoms with Crippen LogP contribution in [0.15, 0.2) is 24.3 Å². The van der Waals surface area contributed by atoms with Crippen LogP contribution in [-0.4, -0.2) is 37.0 Å². The number of halogens is 1. The third kappa shape index (κ3) is 3.69. The molecule has 0 heterocycles. The lowest BCUT2D eigenvalue weighted by Gasteiger charge is -2.32. The second-order valence-electron chi connectivity index (χ2n) is 5.95. The van der Waals surface area contributed by atoms with Gasteiger partial charge >= 0.3 is 0 Å². The van der Waals surface area contributed by atoms with E-state index in [1.54, 1.807) is 24.1 Å². The van der Waals surface area contributed by atoms with Crippen molar-refractivity contribution in [2.24, 2.45) is 11.1 Å². The Hall–Kier alpha value is -1.26. The summed E-state index contributed by atoms with van der Waals surface area (Å²) in [6, 6.07) is 7.21. The molecular weight excluding hydrogens is 288 g/mol. The van der Waals surface area contributed by atoms with E-state index in [1.807, 2.05) is 19.1 Å². The second-order valence-corrected chi connectivity index (χ2v) is 6.39. The summed E-state index contributed by atoms with van der Waals surface area (Å²) >= 11 is 5.90. The number of benzene rings is 1. The number of nitrogens with zero attached hydrogens (tertiary/aromatic N) is 1. The molecule has 0 saturated heterocycles. The third-order valence-electron chi connectivity index (χ3n) is 4.36. The van der Waals surface area contributed by atoms with Crippen LogP contribution in [0.25, 0.3) is 0 Å². The molecule has 5 heteroatoms. The lowest BCUT2D eigenvalue weighted by Crippen LogP contribution is -2.48. The van der Waals surface area contributed by atoms with Crippen molar-refractivity contribution in [1.29, 1.82) is 0 Å². The van der Waals surface area contributed by atoms with Crippen LogP contribution in [0.4, 0.5) is 0 Å². The summed E-state index contributed by atoms with van der Waals surface area (Å²) in [5.74, 6) is 0.828. The first-order chi connectivity index (χ1) is 9.93. The minimum atomic E-state index is -0.426. The summed E-state index contributed by atoms with van der Waals surface area (Å²) in [6.45, 7) is 2.95. The van der Waals surface area contributed by atoms with Gasteiger partial charge in [-0.05, 0) is 38.0 Å². The molecule has 4 nitrogen and oxygen atoms in total. The fraction of sp³-hybridized carbons (Fsp3) is 0.562. The summed E-state index contributed by atoms with van der Waals surface area (Å²) in [4.78, 5) is 14.3. The number of rotatable bonds is 5. The fourth-order valence-electron chi connectivity index (χ4n) is 2.85. The molecule has 1 fully saturated rings. The highest BCUT2D eigenvalue weighted by Gasteiger charge is 2.44. The van der Waals surface area contributed by atoms with Crippen molar-refractivity contribution in [2.75, 3.05) is 20.2 Å². The van der Waals surface area contributed by atoms with Crippen molar-refractivity contribution >= 4 is 17.5 Å². The Morgan fingerprint density at radius 3 is 2.95 bits per heavy atom. The minimum absolute atomic E-state index is 0.0405. The molecule has 0 aromatic heterocycles. The van der Waals surface area contributed by atoms with Gasteiger partial charge in [-0.15, -0.1) is 0 Å². The summed E-state index contributed by atoms with van der Waals surface area (Å²) in [7, 11) is 1.81. The van der Waals surface area contributed by atoms with E-state index in [4.69, 9.17) is 22.1 Å². The molecule has 1 amide bonds. The molecule has 0 spiro atoms. The predicted octanol–water partition coefficient (Wildman–Crippen LogP) is 2.69. The average Bonchev–Trinajstić information content (AvgIpc) is 2.79. The highest BCUT2D eigenvalue weighted by molar-refractivity contribution is 6.30. The van der Waals surface area contributed by atoms with Gasteiger partial charge in [0.1, 0.15) is 12.4 Å². The van der Waals surface area contributed by atoms with E-state index in [0.29, 0.717) is 23.9 Å². The van der Waals surface area contributed by atoms with Crippen molar-refractivity contribution in [3.05, 3.63) is 29.3 Å². The zero-order valence-corrected chi connectivity index (χ0v) is 13.4. The molecule has 2 unspecified atom stereocenters. The van der Waals surface area contributed by atoms with E-state index >= 15 is 0 Å². The van der Waals surface area contributed by atoms with Crippen LogP contribution >= 0.6 is 11.6 Å². The van der Waals surface area contributed by atoms with Crippen LogP contribution < -0.4 is 10.5 Å². The Morgan fingerprint density at radius 1 is 1.57 bits per heavy atom. The second kappa shape index (κ2) is 6.67. The Kier molecular flexibility index (Phi) is 5.12. The maximum absolute atomic E-state index is 12.5. The first-order valence-corrected chi connectivity index (χ1v) is 7.71. The van der Waals surface area contributed by atoms with Crippen molar-refractivity contribution in [1.82, 2.24) is 4.90 Å². The average molecular weight is 311 g/mol. The maximum Gasteiger partial charge on any atom is 0.229 e. The number of likely N-dealkylation sites (N-methyl/N-ethyl adjacent to an activating group) is 1. The van der Waals surface area contributed by atoms with Crippen LogP contribution in [0, 0.1) is 5.41 Å². The fourth-order valence-corrected chi connectivity index (χ4v) is 3.03. The molecule has 0 bridgehead atoms. The van der Waals surface area contributed by atoms with Crippen molar-refractivity contribution in [2.45, 2.75) is 32.2 Å². The van der Waals surface area contributed by atoms with Gasteiger partial charge in [-0.1, -0.05) is 24.1 Å². The molecule has 21 heavy (non-hydrogen) atoms. The molecule has 1 aromatic rings. The number of carbonyl (C=O) groups is 1. The van der Waals surface area contributed by atoms with Gasteiger partial charge in [0.25, 0.3) is 0 Å². The number of nitrogens with two attached hydrogens (primary N) is 1. The van der Waals surface area contributed by atoms with Crippen LogP contribution in [-0.2, 0) is 4.79 Å². The first kappa shape index (κ1) is 16.1. The molecule has 2 rings (SSSR count). The van der Waals surface area contributed by atoms with Gasteiger partial charge in [0.05, 0.1) is 12.0 Å². The molecule has 0 radical (unpaired) electrons. The minimum Gasteiger partial charge on any atom is -0.492 e. The van der Waals surface area contributed by atoms with E-state index in [1.165, 1.54) is 0 Å². The highest BCUT2D eigenvalue weighted by atomic mass is 35.5. The van der Waals surface area contributed by atoms with E-state index in [9.17, 15) is 4.79 Å². The molecule has 116 valence electrons. The summed E-state index contributed by atoms with van der Waals surface area (Å²) in [5.41, 5.74) is 5.67. The normalized spacial score (nSPS) is 24.9. The van der Waals surface area contributed by atoms with Crippen LogP contribution in [0.1, 0.15) is 26.2 Å². The van der Waals surface area contributed by atoms with Crippen LogP contribution in [0.5, 0.6) is 5.75 Å². The number of amides is 1. The number of hydrogen-bond acceptors (Lipinski definition) is 3. The Balaban J connectivity index is 1.84. The molecule has 2 N–H and O–H groups in total.